The molecule has 0 saturated carbocycles. The highest BCUT2D eigenvalue weighted by Crippen LogP contribution is 2.05. The zero-order valence-electron chi connectivity index (χ0n) is 5.65. The van der Waals surface area contributed by atoms with E-state index >= 15 is 0 Å². The summed E-state index contributed by atoms with van der Waals surface area (Å²) in [5.41, 5.74) is 0. The summed E-state index contributed by atoms with van der Waals surface area (Å²) in [6.45, 7) is 0. The molecule has 0 radical (unpaired) electrons. The summed E-state index contributed by atoms with van der Waals surface area (Å²) < 4.78 is 0. The van der Waals surface area contributed by atoms with Crippen LogP contribution < -0.4 is 0 Å². The average molecular weight is 173 g/mol. The molecule has 5 nitrogen and oxygen atoms in total. The monoisotopic (exact) mass is 173 g/mol. The quantitative estimate of drug-likeness (QED) is 0.676. The third-order valence-electron chi connectivity index (χ3n) is 0.929. The van der Waals surface area contributed by atoms with E-state index in [9.17, 15) is 4.79 Å². The second-order valence-corrected chi connectivity index (χ2v) is 2.80. The zero-order valence-corrected chi connectivity index (χ0v) is 6.47. The van der Waals surface area contributed by atoms with Gasteiger partial charge in [0.1, 0.15) is 12.2 Å². The lowest BCUT2D eigenvalue weighted by Crippen LogP contribution is -1.98. The fourth-order valence-electron chi connectivity index (χ4n) is 0.535. The van der Waals surface area contributed by atoms with E-state index in [2.05, 4.69) is 15.2 Å². The highest BCUT2D eigenvalue weighted by molar-refractivity contribution is 7.99. The van der Waals surface area contributed by atoms with Crippen molar-refractivity contribution in [1.29, 1.82) is 0 Å². The Labute approximate surface area is 67.2 Å². The first kappa shape index (κ1) is 8.06. The number of aromatic amines is 1. The molecule has 6 heteroatoms. The second-order valence-electron chi connectivity index (χ2n) is 1.82. The molecule has 0 atom stereocenters. The average Bonchev–Trinajstić information content (AvgIpc) is 2.39. The van der Waals surface area contributed by atoms with Crippen LogP contribution in [0.3, 0.4) is 0 Å². The highest BCUT2D eigenvalue weighted by atomic mass is 32.2. The van der Waals surface area contributed by atoms with E-state index in [1.54, 1.807) is 0 Å². The topological polar surface area (TPSA) is 78.9 Å². The third-order valence-corrected chi connectivity index (χ3v) is 1.86. The van der Waals surface area contributed by atoms with Gasteiger partial charge < -0.3 is 5.11 Å². The number of hydrogen-bond acceptors (Lipinski definition) is 4. The molecule has 1 heterocycles. The summed E-state index contributed by atoms with van der Waals surface area (Å²) in [5, 5.41) is 14.5. The van der Waals surface area contributed by atoms with Gasteiger partial charge in [0.25, 0.3) is 0 Å². The molecular formula is C5H7N3O2S. The SMILES string of the molecule is O=C(O)CSCc1ncn[nH]1. The van der Waals surface area contributed by atoms with Crippen molar-refractivity contribution >= 4 is 17.7 Å². The van der Waals surface area contributed by atoms with Gasteiger partial charge in [-0.15, -0.1) is 11.8 Å². The molecule has 11 heavy (non-hydrogen) atoms. The van der Waals surface area contributed by atoms with Crippen molar-refractivity contribution in [2.75, 3.05) is 5.75 Å². The number of aliphatic carboxylic acids is 1. The molecule has 0 amide bonds. The number of carbonyl (C=O) groups is 1. The first-order chi connectivity index (χ1) is 5.29. The standard InChI is InChI=1S/C5H7N3O2S/c9-5(10)2-11-1-4-6-3-7-8-4/h3H,1-2H2,(H,9,10)(H,6,7,8). The van der Waals surface area contributed by atoms with Crippen LogP contribution in [0, 0.1) is 0 Å². The maximum absolute atomic E-state index is 10.1. The van der Waals surface area contributed by atoms with Crippen LogP contribution in [0.2, 0.25) is 0 Å². The zero-order chi connectivity index (χ0) is 8.10. The molecule has 0 aliphatic carbocycles. The number of hydrogen-bond donors (Lipinski definition) is 2. The number of nitrogens with one attached hydrogen (secondary N) is 1. The van der Waals surface area contributed by atoms with E-state index < -0.39 is 5.97 Å². The van der Waals surface area contributed by atoms with Gasteiger partial charge in [0.15, 0.2) is 0 Å². The smallest absolute Gasteiger partial charge is 0.313 e. The third kappa shape index (κ3) is 3.03. The van der Waals surface area contributed by atoms with Crippen LogP contribution in [0.1, 0.15) is 5.82 Å². The summed E-state index contributed by atoms with van der Waals surface area (Å²) in [6.07, 6.45) is 1.40. The number of carboxylic acid groups (broad SMARTS) is 1. The minimum absolute atomic E-state index is 0.0979. The molecular weight excluding hydrogens is 166 g/mol. The van der Waals surface area contributed by atoms with Crippen molar-refractivity contribution in [2.24, 2.45) is 0 Å². The lowest BCUT2D eigenvalue weighted by molar-refractivity contribution is -0.133. The van der Waals surface area contributed by atoms with Crippen LogP contribution in [0.4, 0.5) is 0 Å². The number of carboxylic acids is 1. The molecule has 0 bridgehead atoms. The van der Waals surface area contributed by atoms with Crippen LogP contribution >= 0.6 is 11.8 Å². The van der Waals surface area contributed by atoms with Gasteiger partial charge in [-0.2, -0.15) is 5.10 Å². The van der Waals surface area contributed by atoms with Crippen molar-refractivity contribution in [2.45, 2.75) is 5.75 Å². The Balaban J connectivity index is 2.19. The molecule has 0 aliphatic heterocycles. The second kappa shape index (κ2) is 3.97. The Morgan fingerprint density at radius 2 is 2.64 bits per heavy atom. The van der Waals surface area contributed by atoms with Crippen molar-refractivity contribution < 1.29 is 9.90 Å². The molecule has 0 saturated heterocycles. The van der Waals surface area contributed by atoms with E-state index in [1.165, 1.54) is 18.1 Å². The molecule has 1 aromatic heterocycles. The normalized spacial score (nSPS) is 9.82. The van der Waals surface area contributed by atoms with E-state index in [-0.39, 0.29) is 5.75 Å². The molecule has 1 aromatic rings. The number of aromatic nitrogens is 3. The minimum Gasteiger partial charge on any atom is -0.481 e. The first-order valence-electron chi connectivity index (χ1n) is 2.93. The van der Waals surface area contributed by atoms with Crippen LogP contribution in [0.15, 0.2) is 6.33 Å². The van der Waals surface area contributed by atoms with Gasteiger partial charge in [0.2, 0.25) is 0 Å². The predicted molar refractivity (Wildman–Crippen MR) is 40.2 cm³/mol. The van der Waals surface area contributed by atoms with E-state index in [1.807, 2.05) is 0 Å². The molecule has 2 N–H and O–H groups in total. The van der Waals surface area contributed by atoms with Crippen LogP contribution in [0.25, 0.3) is 0 Å². The lowest BCUT2D eigenvalue weighted by Gasteiger charge is -1.91. The number of nitrogens with zero attached hydrogens (tertiary/aromatic N) is 2. The van der Waals surface area contributed by atoms with Crippen LogP contribution in [-0.2, 0) is 10.5 Å². The minimum atomic E-state index is -0.811. The van der Waals surface area contributed by atoms with Gasteiger partial charge in [0, 0.05) is 0 Å². The summed E-state index contributed by atoms with van der Waals surface area (Å²) >= 11 is 1.29. The van der Waals surface area contributed by atoms with Crippen LogP contribution in [0.5, 0.6) is 0 Å². The largest absolute Gasteiger partial charge is 0.481 e. The number of rotatable bonds is 4. The highest BCUT2D eigenvalue weighted by Gasteiger charge is 1.99. The van der Waals surface area contributed by atoms with E-state index in [0.717, 1.165) is 0 Å². The van der Waals surface area contributed by atoms with E-state index in [4.69, 9.17) is 5.11 Å². The Morgan fingerprint density at radius 1 is 1.82 bits per heavy atom. The Bertz CT molecular complexity index is 224. The Kier molecular flexibility index (Phi) is 2.91. The number of thioether (sulfide) groups is 1. The fraction of sp³-hybridized carbons (Fsp3) is 0.400. The first-order valence-corrected chi connectivity index (χ1v) is 4.08. The van der Waals surface area contributed by atoms with Crippen molar-refractivity contribution in [3.05, 3.63) is 12.2 Å². The molecule has 0 unspecified atom stereocenters. The van der Waals surface area contributed by atoms with Gasteiger partial charge in [-0.05, 0) is 0 Å². The Hall–Kier alpha value is -1.04. The fourth-order valence-corrected chi connectivity index (χ4v) is 1.14. The van der Waals surface area contributed by atoms with E-state index in [0.29, 0.717) is 11.6 Å². The lowest BCUT2D eigenvalue weighted by atomic mass is 10.7. The predicted octanol–water partition coefficient (Wildman–Crippen LogP) is 0.123. The number of H-pyrrole nitrogens is 1. The molecule has 0 fully saturated rings. The van der Waals surface area contributed by atoms with Crippen molar-refractivity contribution in [1.82, 2.24) is 15.2 Å². The molecule has 1 rings (SSSR count). The maximum atomic E-state index is 10.1. The van der Waals surface area contributed by atoms with Gasteiger partial charge in [-0.3, -0.25) is 9.89 Å². The molecule has 0 spiro atoms. The van der Waals surface area contributed by atoms with Gasteiger partial charge in [-0.25, -0.2) is 4.98 Å². The van der Waals surface area contributed by atoms with Gasteiger partial charge in [-0.1, -0.05) is 0 Å². The summed E-state index contributed by atoms with van der Waals surface area (Å²) in [5.74, 6) is 0.554. The molecule has 0 aromatic carbocycles. The molecule has 60 valence electrons. The van der Waals surface area contributed by atoms with Crippen LogP contribution in [-0.4, -0.2) is 32.0 Å². The van der Waals surface area contributed by atoms with Gasteiger partial charge in [0.05, 0.1) is 11.5 Å². The maximum Gasteiger partial charge on any atom is 0.313 e. The van der Waals surface area contributed by atoms with Crippen molar-refractivity contribution in [3.8, 4) is 0 Å². The van der Waals surface area contributed by atoms with Gasteiger partial charge >= 0.3 is 5.97 Å². The Morgan fingerprint density at radius 3 is 3.18 bits per heavy atom. The summed E-state index contributed by atoms with van der Waals surface area (Å²) in [6, 6.07) is 0. The molecule has 0 aliphatic rings. The van der Waals surface area contributed by atoms with Crippen molar-refractivity contribution in [3.63, 3.8) is 0 Å². The summed E-state index contributed by atoms with van der Waals surface area (Å²) in [7, 11) is 0. The summed E-state index contributed by atoms with van der Waals surface area (Å²) in [4.78, 5) is 13.9.